The van der Waals surface area contributed by atoms with Crippen molar-refractivity contribution in [3.05, 3.63) is 34.3 Å². The van der Waals surface area contributed by atoms with Gasteiger partial charge in [0.1, 0.15) is 0 Å². The summed E-state index contributed by atoms with van der Waals surface area (Å²) in [6, 6.07) is 7.72. The molecule has 1 aliphatic rings. The monoisotopic (exact) mass is 282 g/mol. The van der Waals surface area contributed by atoms with Gasteiger partial charge in [-0.25, -0.2) is 0 Å². The van der Waals surface area contributed by atoms with Crippen molar-refractivity contribution in [1.29, 1.82) is 0 Å². The van der Waals surface area contributed by atoms with Gasteiger partial charge in [-0.15, -0.1) is 0 Å². The molecule has 0 N–H and O–H groups in total. The van der Waals surface area contributed by atoms with Gasteiger partial charge in [0, 0.05) is 18.8 Å². The normalized spacial score (nSPS) is 17.8. The summed E-state index contributed by atoms with van der Waals surface area (Å²) >= 11 is 3.39. The van der Waals surface area contributed by atoms with Crippen LogP contribution in [0.2, 0.25) is 0 Å². The Bertz CT molecular complexity index is 402. The topological polar surface area (TPSA) is 20.3 Å². The summed E-state index contributed by atoms with van der Waals surface area (Å²) in [6.45, 7) is 0.205. The quantitative estimate of drug-likeness (QED) is 0.832. The molecule has 1 atom stereocenters. The Labute approximate surface area is 106 Å². The lowest BCUT2D eigenvalue weighted by Gasteiger charge is -2.25. The molecule has 1 saturated carbocycles. The first-order valence-corrected chi connectivity index (χ1v) is 6.24. The minimum Gasteiger partial charge on any atom is -0.339 e. The molecule has 0 heterocycles. The number of carbonyl (C=O) groups is 1. The maximum Gasteiger partial charge on any atom is 0.225 e. The average molecular weight is 283 g/mol. The van der Waals surface area contributed by atoms with Crippen molar-refractivity contribution in [3.8, 4) is 0 Å². The number of hydrogen-bond acceptors (Lipinski definition) is 1. The second kappa shape index (κ2) is 4.58. The van der Waals surface area contributed by atoms with E-state index in [1.807, 2.05) is 31.3 Å². The van der Waals surface area contributed by atoms with Gasteiger partial charge in [-0.1, -0.05) is 28.1 Å². The number of carbonyl (C=O) groups excluding carboxylic acids is 1. The molecule has 0 aliphatic heterocycles. The molecule has 1 fully saturated rings. The SMILES string of the molecule is [2H]CC(c1ccc(Br)cc1)N(C)C(=O)C1CC1. The van der Waals surface area contributed by atoms with Gasteiger partial charge < -0.3 is 4.90 Å². The summed E-state index contributed by atoms with van der Waals surface area (Å²) in [6.07, 6.45) is 2.02. The third-order valence-electron chi connectivity index (χ3n) is 3.00. The van der Waals surface area contributed by atoms with E-state index in [1.54, 1.807) is 4.90 Å². The summed E-state index contributed by atoms with van der Waals surface area (Å²) in [7, 11) is 1.81. The minimum absolute atomic E-state index is 0.129. The van der Waals surface area contributed by atoms with Gasteiger partial charge in [0.2, 0.25) is 5.91 Å². The molecule has 1 aliphatic carbocycles. The van der Waals surface area contributed by atoms with E-state index < -0.39 is 0 Å². The standard InChI is InChI=1S/C13H16BrNO/c1-9(10-5-7-12(14)8-6-10)15(2)13(16)11-3-4-11/h5-9,11H,3-4H2,1-2H3/i1D. The summed E-state index contributed by atoms with van der Waals surface area (Å²) in [5, 5.41) is 0. The zero-order valence-corrected chi connectivity index (χ0v) is 10.9. The predicted octanol–water partition coefficient (Wildman–Crippen LogP) is 3.38. The predicted molar refractivity (Wildman–Crippen MR) is 68.1 cm³/mol. The maximum absolute atomic E-state index is 12.0. The van der Waals surface area contributed by atoms with E-state index in [2.05, 4.69) is 15.9 Å². The average Bonchev–Trinajstić information content (AvgIpc) is 3.15. The first-order valence-electron chi connectivity index (χ1n) is 6.15. The Kier molecular flexibility index (Phi) is 2.96. The Morgan fingerprint density at radius 2 is 2.12 bits per heavy atom. The van der Waals surface area contributed by atoms with Crippen molar-refractivity contribution >= 4 is 21.8 Å². The number of hydrogen-bond donors (Lipinski definition) is 0. The zero-order valence-electron chi connectivity index (χ0n) is 10.3. The van der Waals surface area contributed by atoms with Gasteiger partial charge in [0.05, 0.1) is 6.04 Å². The van der Waals surface area contributed by atoms with E-state index in [-0.39, 0.29) is 24.8 Å². The second-order valence-corrected chi connectivity index (χ2v) is 5.21. The summed E-state index contributed by atoms with van der Waals surface area (Å²) in [5.74, 6) is 0.398. The molecule has 2 rings (SSSR count). The fourth-order valence-corrected chi connectivity index (χ4v) is 1.94. The molecule has 86 valence electrons. The van der Waals surface area contributed by atoms with Crippen LogP contribution < -0.4 is 0 Å². The van der Waals surface area contributed by atoms with Crippen LogP contribution in [0.5, 0.6) is 0 Å². The van der Waals surface area contributed by atoms with Crippen LogP contribution in [0.4, 0.5) is 0 Å². The summed E-state index contributed by atoms with van der Waals surface area (Å²) in [5.41, 5.74) is 1.03. The zero-order chi connectivity index (χ0) is 12.4. The molecule has 0 radical (unpaired) electrons. The molecule has 1 aromatic carbocycles. The Hall–Kier alpha value is -0.830. The van der Waals surface area contributed by atoms with Gasteiger partial charge in [-0.05, 0) is 37.4 Å². The van der Waals surface area contributed by atoms with Gasteiger partial charge >= 0.3 is 0 Å². The second-order valence-electron chi connectivity index (χ2n) is 4.29. The van der Waals surface area contributed by atoms with Crippen molar-refractivity contribution in [3.63, 3.8) is 0 Å². The van der Waals surface area contributed by atoms with Crippen LogP contribution in [0.25, 0.3) is 0 Å². The van der Waals surface area contributed by atoms with Crippen molar-refractivity contribution in [2.24, 2.45) is 5.92 Å². The molecule has 0 aromatic heterocycles. The highest BCUT2D eigenvalue weighted by molar-refractivity contribution is 9.10. The lowest BCUT2D eigenvalue weighted by atomic mass is 10.1. The number of amides is 1. The van der Waals surface area contributed by atoms with E-state index in [4.69, 9.17) is 1.37 Å². The fraction of sp³-hybridized carbons (Fsp3) is 0.462. The largest absolute Gasteiger partial charge is 0.339 e. The Morgan fingerprint density at radius 1 is 1.50 bits per heavy atom. The number of benzene rings is 1. The van der Waals surface area contributed by atoms with Crippen LogP contribution in [0.15, 0.2) is 28.7 Å². The smallest absolute Gasteiger partial charge is 0.225 e. The van der Waals surface area contributed by atoms with E-state index in [0.717, 1.165) is 22.9 Å². The van der Waals surface area contributed by atoms with E-state index >= 15 is 0 Å². The summed E-state index contributed by atoms with van der Waals surface area (Å²) < 4.78 is 8.65. The molecule has 0 saturated heterocycles. The lowest BCUT2D eigenvalue weighted by molar-refractivity contribution is -0.133. The Morgan fingerprint density at radius 3 is 2.62 bits per heavy atom. The van der Waals surface area contributed by atoms with Crippen LogP contribution in [-0.2, 0) is 4.79 Å². The molecule has 1 aromatic rings. The summed E-state index contributed by atoms with van der Waals surface area (Å²) in [4.78, 5) is 13.7. The van der Waals surface area contributed by atoms with Crippen LogP contribution >= 0.6 is 15.9 Å². The molecular formula is C13H16BrNO. The Balaban J connectivity index is 2.14. The highest BCUT2D eigenvalue weighted by atomic mass is 79.9. The highest BCUT2D eigenvalue weighted by Gasteiger charge is 2.33. The van der Waals surface area contributed by atoms with E-state index in [1.165, 1.54) is 0 Å². The molecule has 0 spiro atoms. The third-order valence-corrected chi connectivity index (χ3v) is 3.53. The van der Waals surface area contributed by atoms with E-state index in [0.29, 0.717) is 0 Å². The van der Waals surface area contributed by atoms with E-state index in [9.17, 15) is 4.79 Å². The highest BCUT2D eigenvalue weighted by Crippen LogP contribution is 2.33. The molecule has 16 heavy (non-hydrogen) atoms. The van der Waals surface area contributed by atoms with Gasteiger partial charge in [-0.3, -0.25) is 4.79 Å². The molecule has 3 heteroatoms. The van der Waals surface area contributed by atoms with Gasteiger partial charge in [0.15, 0.2) is 0 Å². The third kappa shape index (κ3) is 2.46. The van der Waals surface area contributed by atoms with Crippen LogP contribution in [0.3, 0.4) is 0 Å². The fourth-order valence-electron chi connectivity index (χ4n) is 1.68. The number of rotatable bonds is 3. The lowest BCUT2D eigenvalue weighted by Crippen LogP contribution is -2.30. The van der Waals surface area contributed by atoms with Gasteiger partial charge in [0.25, 0.3) is 0 Å². The number of nitrogens with zero attached hydrogens (tertiary/aromatic N) is 1. The van der Waals surface area contributed by atoms with Crippen molar-refractivity contribution in [2.45, 2.75) is 25.8 Å². The first kappa shape index (κ1) is 10.3. The van der Waals surface area contributed by atoms with Crippen molar-refractivity contribution in [1.82, 2.24) is 4.90 Å². The van der Waals surface area contributed by atoms with Crippen molar-refractivity contribution in [2.75, 3.05) is 7.05 Å². The maximum atomic E-state index is 12.0. The molecule has 0 bridgehead atoms. The molecular weight excluding hydrogens is 266 g/mol. The van der Waals surface area contributed by atoms with Crippen LogP contribution in [0.1, 0.15) is 32.7 Å². The van der Waals surface area contributed by atoms with Crippen LogP contribution in [0, 0.1) is 5.92 Å². The first-order chi connectivity index (χ1) is 8.13. The minimum atomic E-state index is -0.129. The molecule has 2 nitrogen and oxygen atoms in total. The van der Waals surface area contributed by atoms with Crippen molar-refractivity contribution < 1.29 is 6.17 Å². The molecule has 1 unspecified atom stereocenters. The number of halogens is 1. The molecule has 1 amide bonds. The van der Waals surface area contributed by atoms with Gasteiger partial charge in [-0.2, -0.15) is 0 Å². The van der Waals surface area contributed by atoms with Crippen LogP contribution in [-0.4, -0.2) is 17.9 Å².